The fourth-order valence-electron chi connectivity index (χ4n) is 1.72. The van der Waals surface area contributed by atoms with Gasteiger partial charge in [0.05, 0.1) is 0 Å². The van der Waals surface area contributed by atoms with Crippen molar-refractivity contribution in [2.75, 3.05) is 0 Å². The highest BCUT2D eigenvalue weighted by atomic mass is 16.2. The van der Waals surface area contributed by atoms with Gasteiger partial charge in [-0.15, -0.1) is 6.58 Å². The molecule has 0 aromatic carbocycles. The van der Waals surface area contributed by atoms with E-state index in [0.29, 0.717) is 5.57 Å². The van der Waals surface area contributed by atoms with Gasteiger partial charge in [-0.3, -0.25) is 20.2 Å². The minimum Gasteiger partial charge on any atom is -0.277 e. The predicted molar refractivity (Wildman–Crippen MR) is 58.4 cm³/mol. The Labute approximate surface area is 93.6 Å². The summed E-state index contributed by atoms with van der Waals surface area (Å²) >= 11 is 0. The maximum Gasteiger partial charge on any atom is 0.328 e. The summed E-state index contributed by atoms with van der Waals surface area (Å²) in [5.74, 6) is -1.20. The van der Waals surface area contributed by atoms with Gasteiger partial charge in [0.15, 0.2) is 5.41 Å². The molecular formula is C11H14N2O3. The Hall–Kier alpha value is -1.91. The average molecular weight is 222 g/mol. The Balaban J connectivity index is 3.27. The lowest BCUT2D eigenvalue weighted by Gasteiger charge is -2.33. The summed E-state index contributed by atoms with van der Waals surface area (Å²) in [6.45, 7) is 6.94. The lowest BCUT2D eigenvalue weighted by Crippen LogP contribution is -2.62. The lowest BCUT2D eigenvalue weighted by molar-refractivity contribution is -0.141. The Bertz CT molecular complexity index is 376. The highest BCUT2D eigenvalue weighted by molar-refractivity contribution is 6.21. The van der Waals surface area contributed by atoms with Crippen LogP contribution in [0.15, 0.2) is 24.3 Å². The zero-order chi connectivity index (χ0) is 12.3. The highest BCUT2D eigenvalue weighted by Crippen LogP contribution is 2.34. The third-order valence-corrected chi connectivity index (χ3v) is 2.79. The van der Waals surface area contributed by atoms with E-state index in [-0.39, 0.29) is 6.42 Å². The van der Waals surface area contributed by atoms with E-state index in [1.165, 1.54) is 6.08 Å². The largest absolute Gasteiger partial charge is 0.328 e. The molecule has 1 rings (SSSR count). The number of hydrogen-bond acceptors (Lipinski definition) is 3. The van der Waals surface area contributed by atoms with E-state index in [9.17, 15) is 14.4 Å². The number of hydrogen-bond donors (Lipinski definition) is 2. The Morgan fingerprint density at radius 3 is 2.19 bits per heavy atom. The highest BCUT2D eigenvalue weighted by Gasteiger charge is 2.50. The zero-order valence-electron chi connectivity index (χ0n) is 9.29. The van der Waals surface area contributed by atoms with Gasteiger partial charge in [-0.25, -0.2) is 4.79 Å². The van der Waals surface area contributed by atoms with Crippen LogP contribution in [0.2, 0.25) is 0 Å². The molecule has 0 unspecified atom stereocenters. The molecule has 5 nitrogen and oxygen atoms in total. The maximum absolute atomic E-state index is 11.8. The van der Waals surface area contributed by atoms with Crippen LogP contribution in [0.25, 0.3) is 0 Å². The molecule has 0 atom stereocenters. The third kappa shape index (κ3) is 1.64. The molecular weight excluding hydrogens is 208 g/mol. The number of carbonyl (C=O) groups is 3. The molecule has 1 aliphatic rings. The molecule has 0 aliphatic carbocycles. The van der Waals surface area contributed by atoms with Gasteiger partial charge >= 0.3 is 6.03 Å². The smallest absolute Gasteiger partial charge is 0.277 e. The summed E-state index contributed by atoms with van der Waals surface area (Å²) in [6, 6.07) is -0.779. The van der Waals surface area contributed by atoms with Crippen molar-refractivity contribution in [3.63, 3.8) is 0 Å². The average Bonchev–Trinajstić information content (AvgIpc) is 2.22. The molecule has 1 saturated heterocycles. The van der Waals surface area contributed by atoms with Crippen LogP contribution in [-0.4, -0.2) is 17.8 Å². The molecule has 16 heavy (non-hydrogen) atoms. The molecule has 0 bridgehead atoms. The van der Waals surface area contributed by atoms with Crippen molar-refractivity contribution in [1.82, 2.24) is 10.6 Å². The number of imide groups is 2. The summed E-state index contributed by atoms with van der Waals surface area (Å²) in [5.41, 5.74) is -0.750. The first kappa shape index (κ1) is 12.2. The van der Waals surface area contributed by atoms with Crippen molar-refractivity contribution in [3.05, 3.63) is 24.3 Å². The molecule has 0 radical (unpaired) electrons. The summed E-state index contributed by atoms with van der Waals surface area (Å²) in [5, 5.41) is 4.20. The summed E-state index contributed by atoms with van der Waals surface area (Å²) in [6.07, 6.45) is 3.33. The first-order chi connectivity index (χ1) is 7.48. The first-order valence-corrected chi connectivity index (χ1v) is 4.90. The van der Waals surface area contributed by atoms with E-state index in [1.807, 2.05) is 0 Å². The normalized spacial score (nSPS) is 20.1. The Kier molecular flexibility index (Phi) is 3.27. The number of barbiturate groups is 1. The van der Waals surface area contributed by atoms with Crippen molar-refractivity contribution in [2.24, 2.45) is 5.41 Å². The fraction of sp³-hybridized carbons (Fsp3) is 0.364. The standard InChI is InChI=1S/C11H14N2O3/c1-4-6-11(7(3)5-2)8(14)12-10(16)13-9(11)15/h4-5H,1,6H2,2-3H3,(H2,12,13,14,15,16)/b7-5-. The van der Waals surface area contributed by atoms with Gasteiger partial charge in [0.25, 0.3) is 0 Å². The van der Waals surface area contributed by atoms with Crippen LogP contribution in [0.3, 0.4) is 0 Å². The molecule has 1 aliphatic heterocycles. The number of urea groups is 1. The number of amides is 4. The minimum absolute atomic E-state index is 0.161. The minimum atomic E-state index is -1.34. The SMILES string of the molecule is C=CCC1(/C(C)=C\C)C(=O)NC(=O)NC1=O. The van der Waals surface area contributed by atoms with E-state index in [0.717, 1.165) is 0 Å². The van der Waals surface area contributed by atoms with Crippen LogP contribution in [-0.2, 0) is 9.59 Å². The van der Waals surface area contributed by atoms with Crippen LogP contribution in [0, 0.1) is 5.41 Å². The van der Waals surface area contributed by atoms with Gasteiger partial charge in [-0.05, 0) is 20.3 Å². The Morgan fingerprint density at radius 1 is 1.31 bits per heavy atom. The number of rotatable bonds is 3. The van der Waals surface area contributed by atoms with Crippen molar-refractivity contribution in [1.29, 1.82) is 0 Å². The molecule has 4 amide bonds. The van der Waals surface area contributed by atoms with Crippen molar-refractivity contribution >= 4 is 17.8 Å². The van der Waals surface area contributed by atoms with Crippen LogP contribution in [0.1, 0.15) is 20.3 Å². The molecule has 2 N–H and O–H groups in total. The van der Waals surface area contributed by atoms with E-state index in [1.54, 1.807) is 19.9 Å². The van der Waals surface area contributed by atoms with Crippen LogP contribution in [0.5, 0.6) is 0 Å². The number of carbonyl (C=O) groups excluding carboxylic acids is 3. The van der Waals surface area contributed by atoms with Gasteiger partial charge < -0.3 is 0 Å². The fourth-order valence-corrected chi connectivity index (χ4v) is 1.72. The number of allylic oxidation sites excluding steroid dienone is 2. The molecule has 86 valence electrons. The molecule has 5 heteroatoms. The van der Waals surface area contributed by atoms with Crippen molar-refractivity contribution in [3.8, 4) is 0 Å². The predicted octanol–water partition coefficient (Wildman–Crippen LogP) is 0.881. The van der Waals surface area contributed by atoms with Gasteiger partial charge in [-0.2, -0.15) is 0 Å². The number of nitrogens with one attached hydrogen (secondary N) is 2. The van der Waals surface area contributed by atoms with Gasteiger partial charge in [0.1, 0.15) is 0 Å². The van der Waals surface area contributed by atoms with E-state index in [4.69, 9.17) is 0 Å². The Morgan fingerprint density at radius 2 is 1.81 bits per heavy atom. The van der Waals surface area contributed by atoms with E-state index in [2.05, 4.69) is 17.2 Å². The maximum atomic E-state index is 11.8. The van der Waals surface area contributed by atoms with Gasteiger partial charge in [-0.1, -0.05) is 17.7 Å². The quantitative estimate of drug-likeness (QED) is 0.550. The molecule has 0 aromatic heterocycles. The summed E-state index contributed by atoms with van der Waals surface area (Å²) in [7, 11) is 0. The van der Waals surface area contributed by atoms with Crippen molar-refractivity contribution < 1.29 is 14.4 Å². The van der Waals surface area contributed by atoms with E-state index >= 15 is 0 Å². The van der Waals surface area contributed by atoms with Crippen LogP contribution >= 0.6 is 0 Å². The molecule has 0 saturated carbocycles. The second-order valence-corrected chi connectivity index (χ2v) is 3.61. The topological polar surface area (TPSA) is 75.3 Å². The lowest BCUT2D eigenvalue weighted by atomic mass is 9.75. The zero-order valence-corrected chi connectivity index (χ0v) is 9.29. The monoisotopic (exact) mass is 222 g/mol. The van der Waals surface area contributed by atoms with Crippen LogP contribution < -0.4 is 10.6 Å². The van der Waals surface area contributed by atoms with Crippen LogP contribution in [0.4, 0.5) is 4.79 Å². The van der Waals surface area contributed by atoms with E-state index < -0.39 is 23.3 Å². The molecule has 1 heterocycles. The summed E-state index contributed by atoms with van der Waals surface area (Å²) in [4.78, 5) is 34.7. The summed E-state index contributed by atoms with van der Waals surface area (Å²) < 4.78 is 0. The second kappa shape index (κ2) is 4.30. The third-order valence-electron chi connectivity index (χ3n) is 2.79. The molecule has 0 aromatic rings. The van der Waals surface area contributed by atoms with Gasteiger partial charge in [0.2, 0.25) is 11.8 Å². The van der Waals surface area contributed by atoms with Crippen molar-refractivity contribution in [2.45, 2.75) is 20.3 Å². The molecule has 0 spiro atoms. The second-order valence-electron chi connectivity index (χ2n) is 3.61. The van der Waals surface area contributed by atoms with Gasteiger partial charge in [0, 0.05) is 0 Å². The molecule has 1 fully saturated rings. The first-order valence-electron chi connectivity index (χ1n) is 4.90.